The lowest BCUT2D eigenvalue weighted by atomic mass is 9.93. The van der Waals surface area contributed by atoms with Gasteiger partial charge >= 0.3 is 5.97 Å². The van der Waals surface area contributed by atoms with Crippen molar-refractivity contribution in [2.24, 2.45) is 5.41 Å². The van der Waals surface area contributed by atoms with Crippen LogP contribution < -0.4 is 0 Å². The fraction of sp³-hybridized carbons (Fsp3) is 0.462. The van der Waals surface area contributed by atoms with Gasteiger partial charge in [0.15, 0.2) is 0 Å². The third kappa shape index (κ3) is 5.56. The Bertz CT molecular complexity index is 653. The predicted octanol–water partition coefficient (Wildman–Crippen LogP) is 4.11. The fourth-order valence-corrected chi connectivity index (χ4v) is 2.78. The number of halogens is 3. The Kier molecular flexibility index (Phi) is 5.80. The van der Waals surface area contributed by atoms with E-state index in [1.807, 2.05) is 20.8 Å². The first-order valence-corrected chi connectivity index (χ1v) is 9.13. The zero-order chi connectivity index (χ0) is 16.4. The molecule has 4 nitrogen and oxygen atoms in total. The predicted molar refractivity (Wildman–Crippen MR) is 81.5 cm³/mol. The number of ether oxygens (including phenoxy) is 1. The van der Waals surface area contributed by atoms with Crippen LogP contribution in [0.5, 0.6) is 0 Å². The average molecular weight is 402 g/mol. The van der Waals surface area contributed by atoms with E-state index in [1.54, 1.807) is 0 Å². The van der Waals surface area contributed by atoms with E-state index in [1.165, 1.54) is 0 Å². The SMILES string of the molecule is CC(C)(C)CCOC(=O)c1cc(S(=O)(=O)Cl)c(F)cc1Br. The molecule has 0 aromatic heterocycles. The van der Waals surface area contributed by atoms with Crippen LogP contribution in [0.25, 0.3) is 0 Å². The Hall–Kier alpha value is -0.660. The number of hydrogen-bond donors (Lipinski definition) is 0. The van der Waals surface area contributed by atoms with E-state index in [9.17, 15) is 17.6 Å². The molecule has 0 aliphatic rings. The molecule has 0 fully saturated rings. The van der Waals surface area contributed by atoms with Gasteiger partial charge in [-0.2, -0.15) is 0 Å². The second kappa shape index (κ2) is 6.62. The quantitative estimate of drug-likeness (QED) is 0.563. The fourth-order valence-electron chi connectivity index (χ4n) is 1.40. The second-order valence-corrected chi connectivity index (χ2v) is 9.04. The van der Waals surface area contributed by atoms with Crippen LogP contribution in [0.4, 0.5) is 4.39 Å². The molecule has 0 amide bonds. The molecule has 0 bridgehead atoms. The van der Waals surface area contributed by atoms with E-state index in [4.69, 9.17) is 15.4 Å². The highest BCUT2D eigenvalue weighted by atomic mass is 79.9. The molecule has 0 spiro atoms. The van der Waals surface area contributed by atoms with Gasteiger partial charge in [0.2, 0.25) is 0 Å². The molecular formula is C13H15BrClFO4S. The number of hydrogen-bond acceptors (Lipinski definition) is 4. The Morgan fingerprint density at radius 2 is 1.95 bits per heavy atom. The maximum absolute atomic E-state index is 13.6. The van der Waals surface area contributed by atoms with E-state index in [0.29, 0.717) is 6.42 Å². The van der Waals surface area contributed by atoms with Gasteiger partial charge in [-0.05, 0) is 39.9 Å². The lowest BCUT2D eigenvalue weighted by molar-refractivity contribution is 0.0463. The van der Waals surface area contributed by atoms with Gasteiger partial charge in [-0.1, -0.05) is 20.8 Å². The van der Waals surface area contributed by atoms with Crippen LogP contribution in [0.2, 0.25) is 0 Å². The second-order valence-electron chi connectivity index (χ2n) is 5.65. The standard InChI is InChI=1S/C13H15BrClFO4S/c1-13(2,3)4-5-20-12(17)8-6-11(21(15,18)19)10(16)7-9(8)14/h6-7H,4-5H2,1-3H3. The Balaban J connectivity index is 3.00. The molecule has 0 unspecified atom stereocenters. The van der Waals surface area contributed by atoms with Gasteiger partial charge in [0.1, 0.15) is 10.7 Å². The van der Waals surface area contributed by atoms with Crippen LogP contribution in [0.3, 0.4) is 0 Å². The normalized spacial score (nSPS) is 12.3. The smallest absolute Gasteiger partial charge is 0.339 e. The zero-order valence-corrected chi connectivity index (χ0v) is 14.9. The van der Waals surface area contributed by atoms with Crippen molar-refractivity contribution in [3.05, 3.63) is 28.0 Å². The van der Waals surface area contributed by atoms with Crippen molar-refractivity contribution in [1.82, 2.24) is 0 Å². The minimum absolute atomic E-state index is 0.00898. The first-order chi connectivity index (χ1) is 9.42. The highest BCUT2D eigenvalue weighted by Gasteiger charge is 2.22. The molecule has 1 aromatic carbocycles. The van der Waals surface area contributed by atoms with Gasteiger partial charge < -0.3 is 4.74 Å². The maximum atomic E-state index is 13.6. The molecule has 0 heterocycles. The van der Waals surface area contributed by atoms with Gasteiger partial charge in [0.05, 0.1) is 12.2 Å². The van der Waals surface area contributed by atoms with Crippen LogP contribution in [0.15, 0.2) is 21.5 Å². The number of esters is 1. The van der Waals surface area contributed by atoms with Crippen LogP contribution in [0.1, 0.15) is 37.6 Å². The molecule has 0 N–H and O–H groups in total. The molecule has 1 aromatic rings. The summed E-state index contributed by atoms with van der Waals surface area (Å²) in [6.45, 7) is 6.15. The first-order valence-electron chi connectivity index (χ1n) is 6.02. The molecule has 8 heteroatoms. The number of carbonyl (C=O) groups excluding carboxylic acids is 1. The van der Waals surface area contributed by atoms with Gasteiger partial charge in [-0.3, -0.25) is 0 Å². The van der Waals surface area contributed by atoms with Gasteiger partial charge in [-0.15, -0.1) is 0 Å². The van der Waals surface area contributed by atoms with E-state index in [2.05, 4.69) is 15.9 Å². The van der Waals surface area contributed by atoms with Crippen LogP contribution in [-0.2, 0) is 13.8 Å². The molecule has 0 radical (unpaired) electrons. The molecule has 0 saturated carbocycles. The lowest BCUT2D eigenvalue weighted by Gasteiger charge is -2.17. The molecule has 21 heavy (non-hydrogen) atoms. The van der Waals surface area contributed by atoms with Crippen molar-refractivity contribution >= 4 is 41.6 Å². The summed E-state index contributed by atoms with van der Waals surface area (Å²) in [4.78, 5) is 11.2. The minimum atomic E-state index is -4.28. The maximum Gasteiger partial charge on any atom is 0.339 e. The van der Waals surface area contributed by atoms with Gasteiger partial charge in [-0.25, -0.2) is 17.6 Å². The Labute approximate surface area is 136 Å². The third-order valence-corrected chi connectivity index (χ3v) is 4.58. The number of benzene rings is 1. The zero-order valence-electron chi connectivity index (χ0n) is 11.7. The van der Waals surface area contributed by atoms with Crippen LogP contribution >= 0.6 is 26.6 Å². The van der Waals surface area contributed by atoms with Crippen molar-refractivity contribution in [3.8, 4) is 0 Å². The van der Waals surface area contributed by atoms with E-state index >= 15 is 0 Å². The van der Waals surface area contributed by atoms with Gasteiger partial charge in [0, 0.05) is 15.2 Å². The molecular weight excluding hydrogens is 387 g/mol. The Morgan fingerprint density at radius 3 is 2.43 bits per heavy atom. The summed E-state index contributed by atoms with van der Waals surface area (Å²) < 4.78 is 41.2. The summed E-state index contributed by atoms with van der Waals surface area (Å²) in [6.07, 6.45) is 0.637. The lowest BCUT2D eigenvalue weighted by Crippen LogP contribution is -2.14. The van der Waals surface area contributed by atoms with Crippen LogP contribution in [-0.4, -0.2) is 21.0 Å². The highest BCUT2D eigenvalue weighted by Crippen LogP contribution is 2.27. The average Bonchev–Trinajstić information content (AvgIpc) is 2.24. The van der Waals surface area contributed by atoms with E-state index < -0.39 is 25.7 Å². The van der Waals surface area contributed by atoms with Gasteiger partial charge in [0.25, 0.3) is 9.05 Å². The van der Waals surface area contributed by atoms with Crippen molar-refractivity contribution in [2.45, 2.75) is 32.1 Å². The molecule has 0 atom stereocenters. The summed E-state index contributed by atoms with van der Waals surface area (Å²) in [7, 11) is 0.840. The molecule has 0 aliphatic heterocycles. The summed E-state index contributed by atoms with van der Waals surface area (Å²) in [5.41, 5.74) is -0.102. The minimum Gasteiger partial charge on any atom is -0.462 e. The largest absolute Gasteiger partial charge is 0.462 e. The highest BCUT2D eigenvalue weighted by molar-refractivity contribution is 9.10. The summed E-state index contributed by atoms with van der Waals surface area (Å²) in [5, 5.41) is 0. The van der Waals surface area contributed by atoms with Crippen molar-refractivity contribution in [2.75, 3.05) is 6.61 Å². The summed E-state index contributed by atoms with van der Waals surface area (Å²) in [6, 6.07) is 1.73. The topological polar surface area (TPSA) is 60.4 Å². The third-order valence-electron chi connectivity index (χ3n) is 2.59. The first kappa shape index (κ1) is 18.4. The monoisotopic (exact) mass is 400 g/mol. The molecule has 0 saturated heterocycles. The van der Waals surface area contributed by atoms with E-state index in [-0.39, 0.29) is 22.1 Å². The van der Waals surface area contributed by atoms with Crippen LogP contribution in [0, 0.1) is 11.2 Å². The molecule has 1 rings (SSSR count). The van der Waals surface area contributed by atoms with E-state index in [0.717, 1.165) is 12.1 Å². The number of carbonyl (C=O) groups is 1. The van der Waals surface area contributed by atoms with Crippen molar-refractivity contribution < 1.29 is 22.3 Å². The van der Waals surface area contributed by atoms with Crippen molar-refractivity contribution in [1.29, 1.82) is 0 Å². The molecule has 118 valence electrons. The van der Waals surface area contributed by atoms with Crippen molar-refractivity contribution in [3.63, 3.8) is 0 Å². The summed E-state index contributed by atoms with van der Waals surface area (Å²) in [5.74, 6) is -1.78. The summed E-state index contributed by atoms with van der Waals surface area (Å²) >= 11 is 3.00. The number of rotatable bonds is 4. The molecule has 0 aliphatic carbocycles. The Morgan fingerprint density at radius 1 is 1.38 bits per heavy atom.